The molecule has 0 bridgehead atoms. The highest BCUT2D eigenvalue weighted by atomic mass is 32.2. The van der Waals surface area contributed by atoms with Crippen molar-refractivity contribution >= 4 is 21.7 Å². The molecule has 37 heavy (non-hydrogen) atoms. The topological polar surface area (TPSA) is 139 Å². The second-order valence-corrected chi connectivity index (χ2v) is 12.5. The Morgan fingerprint density at radius 3 is 2.49 bits per heavy atom. The molecule has 11 heteroatoms. The van der Waals surface area contributed by atoms with Gasteiger partial charge in [0.2, 0.25) is 10.0 Å². The molecule has 1 saturated carbocycles. The van der Waals surface area contributed by atoms with Gasteiger partial charge in [-0.3, -0.25) is 9.62 Å². The van der Waals surface area contributed by atoms with Crippen LogP contribution in [0.1, 0.15) is 39.0 Å². The van der Waals surface area contributed by atoms with Gasteiger partial charge in [0.25, 0.3) is 0 Å². The van der Waals surface area contributed by atoms with Crippen LogP contribution in [0.3, 0.4) is 0 Å². The number of benzene rings is 1. The van der Waals surface area contributed by atoms with E-state index in [1.165, 1.54) is 7.05 Å². The Bertz CT molecular complexity index is 1100. The fourth-order valence-electron chi connectivity index (χ4n) is 3.92. The van der Waals surface area contributed by atoms with E-state index in [1.54, 1.807) is 33.1 Å². The third-order valence-electron chi connectivity index (χ3n) is 6.69. The molecule has 5 unspecified atom stereocenters. The number of sulfonamides is 1. The smallest absolute Gasteiger partial charge is 0.238 e. The molecule has 0 amide bonds. The van der Waals surface area contributed by atoms with Crippen LogP contribution in [0.5, 0.6) is 5.75 Å². The summed E-state index contributed by atoms with van der Waals surface area (Å²) in [6, 6.07) is 11.7. The predicted molar refractivity (Wildman–Crippen MR) is 146 cm³/mol. The van der Waals surface area contributed by atoms with Gasteiger partial charge in [0.05, 0.1) is 17.9 Å². The molecule has 2 aromatic rings. The van der Waals surface area contributed by atoms with E-state index in [4.69, 9.17) is 15.2 Å². The van der Waals surface area contributed by atoms with Crippen molar-refractivity contribution in [2.24, 2.45) is 17.6 Å². The summed E-state index contributed by atoms with van der Waals surface area (Å²) in [7, 11) is -0.585. The fourth-order valence-corrected chi connectivity index (χ4v) is 4.90. The second-order valence-electron chi connectivity index (χ2n) is 9.98. The number of rotatable bonds is 15. The average molecular weight is 536 g/mol. The van der Waals surface area contributed by atoms with E-state index in [0.717, 1.165) is 17.3 Å². The molecule has 0 spiro atoms. The van der Waals surface area contributed by atoms with Gasteiger partial charge in [0.1, 0.15) is 30.2 Å². The summed E-state index contributed by atoms with van der Waals surface area (Å²) in [6.45, 7) is 6.61. The van der Waals surface area contributed by atoms with Gasteiger partial charge in [-0.05, 0) is 56.4 Å². The Morgan fingerprint density at radius 1 is 1.22 bits per heavy atom. The highest BCUT2D eigenvalue weighted by Crippen LogP contribution is 2.37. The maximum atomic E-state index is 12.8. The number of nitrogens with zero attached hydrogens (tertiary/aromatic N) is 2. The standard InChI is InChI=1S/C26H41N5O5S/c1-17(2)37(33,34)31(4)25-13-19(12-24(30-25)28-14-20-11-18(20)3)26(32)29-23(22(27)15-35-5)16-36-21-9-7-6-8-10-21/h6-10,12-13,17-18,20,22-23,26,29,32H,11,14-16,27H2,1-5H3,(H,28,30). The zero-order chi connectivity index (χ0) is 27.2. The lowest BCUT2D eigenvalue weighted by atomic mass is 10.1. The van der Waals surface area contributed by atoms with Crippen LogP contribution in [0.2, 0.25) is 0 Å². The van der Waals surface area contributed by atoms with Gasteiger partial charge in [-0.1, -0.05) is 25.1 Å². The molecule has 5 N–H and O–H groups in total. The molecular formula is C26H41N5O5S. The summed E-state index contributed by atoms with van der Waals surface area (Å²) in [6.07, 6.45) is -0.0177. The molecule has 1 aliphatic carbocycles. The molecule has 206 valence electrons. The number of aromatic nitrogens is 1. The maximum absolute atomic E-state index is 12.8. The number of nitrogens with two attached hydrogens (primary N) is 1. The van der Waals surface area contributed by atoms with Crippen LogP contribution in [0.4, 0.5) is 11.6 Å². The summed E-state index contributed by atoms with van der Waals surface area (Å²) in [5.74, 6) is 2.61. The Kier molecular flexibility index (Phi) is 10.1. The molecule has 1 aromatic carbocycles. The van der Waals surface area contributed by atoms with Gasteiger partial charge >= 0.3 is 0 Å². The number of ether oxygens (including phenoxy) is 2. The summed E-state index contributed by atoms with van der Waals surface area (Å²) >= 11 is 0. The lowest BCUT2D eigenvalue weighted by molar-refractivity contribution is 0.0830. The largest absolute Gasteiger partial charge is 0.492 e. The molecule has 3 rings (SSSR count). The first-order valence-electron chi connectivity index (χ1n) is 12.6. The summed E-state index contributed by atoms with van der Waals surface area (Å²) in [5.41, 5.74) is 6.78. The SMILES string of the molecule is COCC(N)C(COc1ccccc1)NC(O)c1cc(NCC2CC2C)nc(N(C)S(=O)(=O)C(C)C)c1. The highest BCUT2D eigenvalue weighted by molar-refractivity contribution is 7.93. The van der Waals surface area contributed by atoms with E-state index in [-0.39, 0.29) is 19.0 Å². The Balaban J connectivity index is 1.84. The predicted octanol–water partition coefficient (Wildman–Crippen LogP) is 2.33. The molecule has 1 fully saturated rings. The number of pyridine rings is 1. The highest BCUT2D eigenvalue weighted by Gasteiger charge is 2.32. The van der Waals surface area contributed by atoms with E-state index in [9.17, 15) is 13.5 Å². The molecule has 1 heterocycles. The number of methoxy groups -OCH3 is 1. The number of nitrogens with one attached hydrogen (secondary N) is 2. The maximum Gasteiger partial charge on any atom is 0.238 e. The van der Waals surface area contributed by atoms with Gasteiger partial charge in [-0.15, -0.1) is 0 Å². The molecule has 0 radical (unpaired) electrons. The fraction of sp³-hybridized carbons (Fsp3) is 0.577. The van der Waals surface area contributed by atoms with Gasteiger partial charge in [-0.25, -0.2) is 13.4 Å². The van der Waals surface area contributed by atoms with E-state index in [0.29, 0.717) is 29.0 Å². The first-order chi connectivity index (χ1) is 17.5. The van der Waals surface area contributed by atoms with Crippen LogP contribution in [0.25, 0.3) is 0 Å². The van der Waals surface area contributed by atoms with Crippen LogP contribution < -0.4 is 25.4 Å². The van der Waals surface area contributed by atoms with Gasteiger partial charge in [0, 0.05) is 32.3 Å². The first-order valence-corrected chi connectivity index (χ1v) is 14.1. The van der Waals surface area contributed by atoms with Crippen molar-refractivity contribution < 1.29 is 23.0 Å². The lowest BCUT2D eigenvalue weighted by Crippen LogP contribution is -2.52. The van der Waals surface area contributed by atoms with Crippen molar-refractivity contribution in [3.05, 3.63) is 48.0 Å². The quantitative estimate of drug-likeness (QED) is 0.253. The number of aliphatic hydroxyl groups is 1. The number of anilines is 2. The van der Waals surface area contributed by atoms with Crippen LogP contribution in [0.15, 0.2) is 42.5 Å². The number of aliphatic hydroxyl groups excluding tert-OH is 1. The molecular weight excluding hydrogens is 494 g/mol. The third-order valence-corrected chi connectivity index (χ3v) is 8.83. The van der Waals surface area contributed by atoms with Crippen LogP contribution in [-0.2, 0) is 14.8 Å². The molecule has 0 saturated heterocycles. The van der Waals surface area contributed by atoms with E-state index >= 15 is 0 Å². The van der Waals surface area contributed by atoms with E-state index < -0.39 is 33.6 Å². The first kappa shape index (κ1) is 29.1. The minimum Gasteiger partial charge on any atom is -0.492 e. The van der Waals surface area contributed by atoms with Crippen molar-refractivity contribution in [1.82, 2.24) is 10.3 Å². The Labute approximate surface area is 220 Å². The number of para-hydroxylation sites is 1. The normalized spacial score (nSPS) is 19.8. The molecule has 10 nitrogen and oxygen atoms in total. The third kappa shape index (κ3) is 8.02. The number of hydrogen-bond acceptors (Lipinski definition) is 9. The van der Waals surface area contributed by atoms with Crippen molar-refractivity contribution in [2.75, 3.05) is 43.5 Å². The van der Waals surface area contributed by atoms with Crippen molar-refractivity contribution in [2.45, 2.75) is 50.8 Å². The summed E-state index contributed by atoms with van der Waals surface area (Å²) in [5, 5.41) is 17.0. The Morgan fingerprint density at radius 2 is 1.89 bits per heavy atom. The molecule has 1 aromatic heterocycles. The van der Waals surface area contributed by atoms with Gasteiger partial charge in [0.15, 0.2) is 0 Å². The zero-order valence-corrected chi connectivity index (χ0v) is 23.1. The minimum atomic E-state index is -3.62. The number of hydrogen-bond donors (Lipinski definition) is 4. The van der Waals surface area contributed by atoms with Crippen LogP contribution in [0, 0.1) is 11.8 Å². The van der Waals surface area contributed by atoms with Crippen molar-refractivity contribution in [3.8, 4) is 5.75 Å². The summed E-state index contributed by atoms with van der Waals surface area (Å²) < 4.78 is 38.0. The van der Waals surface area contributed by atoms with E-state index in [2.05, 4.69) is 22.5 Å². The lowest BCUT2D eigenvalue weighted by Gasteiger charge is -2.28. The molecule has 5 atom stereocenters. The van der Waals surface area contributed by atoms with Crippen LogP contribution in [-0.4, -0.2) is 69.8 Å². The average Bonchev–Trinajstić information content (AvgIpc) is 3.59. The minimum absolute atomic E-state index is 0.190. The van der Waals surface area contributed by atoms with Crippen LogP contribution >= 0.6 is 0 Å². The van der Waals surface area contributed by atoms with Crippen molar-refractivity contribution in [1.29, 1.82) is 0 Å². The van der Waals surface area contributed by atoms with Gasteiger partial charge < -0.3 is 25.6 Å². The van der Waals surface area contributed by atoms with E-state index in [1.807, 2.05) is 30.3 Å². The second kappa shape index (κ2) is 12.9. The zero-order valence-electron chi connectivity index (χ0n) is 22.3. The molecule has 1 aliphatic rings. The Hall–Kier alpha value is -2.44. The monoisotopic (exact) mass is 535 g/mol. The summed E-state index contributed by atoms with van der Waals surface area (Å²) in [4.78, 5) is 4.54. The van der Waals surface area contributed by atoms with Crippen molar-refractivity contribution in [3.63, 3.8) is 0 Å². The van der Waals surface area contributed by atoms with Gasteiger partial charge in [-0.2, -0.15) is 0 Å². The molecule has 0 aliphatic heterocycles.